The van der Waals surface area contributed by atoms with Crippen molar-refractivity contribution in [2.24, 2.45) is 0 Å². The van der Waals surface area contributed by atoms with Crippen LogP contribution in [0.2, 0.25) is 0 Å². The number of para-hydroxylation sites is 1. The van der Waals surface area contributed by atoms with E-state index in [1.807, 2.05) is 36.4 Å². The molecule has 0 saturated heterocycles. The molecular weight excluding hydrogens is 554 g/mol. The zero-order valence-corrected chi connectivity index (χ0v) is 21.8. The Hall–Kier alpha value is -4.08. The van der Waals surface area contributed by atoms with Crippen LogP contribution in [0.4, 0.5) is 11.4 Å². The minimum absolute atomic E-state index is 0.0333. The molecule has 1 aromatic heterocycles. The maximum Gasteiger partial charge on any atom is 0.272 e. The molecule has 0 spiro atoms. The van der Waals surface area contributed by atoms with E-state index in [1.54, 1.807) is 54.6 Å². The Labute approximate surface area is 226 Å². The van der Waals surface area contributed by atoms with Crippen LogP contribution in [0, 0.1) is 0 Å². The first kappa shape index (κ1) is 26.0. The molecule has 0 aliphatic carbocycles. The van der Waals surface area contributed by atoms with Crippen LogP contribution in [-0.2, 0) is 9.59 Å². The van der Waals surface area contributed by atoms with Gasteiger partial charge < -0.3 is 20.4 Å². The first-order valence-corrected chi connectivity index (χ1v) is 13.0. The maximum absolute atomic E-state index is 13.0. The van der Waals surface area contributed by atoms with E-state index in [0.29, 0.717) is 22.7 Å². The normalized spacial score (nSPS) is 11.0. The van der Waals surface area contributed by atoms with E-state index >= 15 is 0 Å². The van der Waals surface area contributed by atoms with Gasteiger partial charge in [-0.25, -0.2) is 0 Å². The molecule has 37 heavy (non-hydrogen) atoms. The van der Waals surface area contributed by atoms with E-state index in [-0.39, 0.29) is 17.4 Å². The molecule has 3 amide bonds. The molecule has 186 valence electrons. The highest BCUT2D eigenvalue weighted by Gasteiger charge is 2.16. The number of hydrogen-bond donors (Lipinski definition) is 3. The molecule has 3 N–H and O–H groups in total. The third kappa shape index (κ3) is 7.70. The van der Waals surface area contributed by atoms with Crippen LogP contribution >= 0.6 is 27.7 Å². The number of hydrogen-bond acceptors (Lipinski definition) is 5. The summed E-state index contributed by atoms with van der Waals surface area (Å²) >= 11 is 4.79. The average Bonchev–Trinajstić information content (AvgIpc) is 3.43. The summed E-state index contributed by atoms with van der Waals surface area (Å²) in [5.74, 6) is -0.397. The lowest BCUT2D eigenvalue weighted by Crippen LogP contribution is -2.30. The highest BCUT2D eigenvalue weighted by atomic mass is 79.9. The molecule has 4 aromatic rings. The smallest absolute Gasteiger partial charge is 0.272 e. The van der Waals surface area contributed by atoms with Crippen molar-refractivity contribution in [1.29, 1.82) is 0 Å². The van der Waals surface area contributed by atoms with E-state index < -0.39 is 11.8 Å². The lowest BCUT2D eigenvalue weighted by atomic mass is 10.2. The van der Waals surface area contributed by atoms with E-state index in [0.717, 1.165) is 9.37 Å². The van der Waals surface area contributed by atoms with Gasteiger partial charge in [-0.15, -0.1) is 11.8 Å². The van der Waals surface area contributed by atoms with Gasteiger partial charge in [0.05, 0.1) is 17.7 Å². The number of thioether (sulfide) groups is 1. The van der Waals surface area contributed by atoms with Crippen LogP contribution in [0.5, 0.6) is 0 Å². The van der Waals surface area contributed by atoms with Crippen molar-refractivity contribution in [3.63, 3.8) is 0 Å². The predicted octanol–water partition coefficient (Wildman–Crippen LogP) is 6.18. The molecule has 0 bridgehead atoms. The van der Waals surface area contributed by atoms with E-state index in [4.69, 9.17) is 4.42 Å². The molecule has 0 saturated carbocycles. The van der Waals surface area contributed by atoms with Crippen LogP contribution in [0.25, 0.3) is 6.08 Å². The Balaban J connectivity index is 1.37. The van der Waals surface area contributed by atoms with Gasteiger partial charge in [0.25, 0.3) is 11.8 Å². The quantitative estimate of drug-likeness (QED) is 0.163. The van der Waals surface area contributed by atoms with Crippen LogP contribution in [-0.4, -0.2) is 23.5 Å². The monoisotopic (exact) mass is 575 g/mol. The topological polar surface area (TPSA) is 100 Å². The number of rotatable bonds is 9. The Bertz CT molecular complexity index is 1410. The number of furan rings is 1. The summed E-state index contributed by atoms with van der Waals surface area (Å²) in [4.78, 5) is 38.8. The molecule has 0 radical (unpaired) electrons. The number of benzene rings is 3. The molecule has 4 rings (SSSR count). The summed E-state index contributed by atoms with van der Waals surface area (Å²) < 4.78 is 6.13. The van der Waals surface area contributed by atoms with Crippen molar-refractivity contribution in [3.8, 4) is 0 Å². The number of halogens is 1. The van der Waals surface area contributed by atoms with Gasteiger partial charge in [0.2, 0.25) is 5.91 Å². The van der Waals surface area contributed by atoms with E-state index in [9.17, 15) is 14.4 Å². The zero-order valence-electron chi connectivity index (χ0n) is 19.4. The van der Waals surface area contributed by atoms with Gasteiger partial charge >= 0.3 is 0 Å². The fourth-order valence-electron chi connectivity index (χ4n) is 3.19. The van der Waals surface area contributed by atoms with Gasteiger partial charge in [-0.2, -0.15) is 0 Å². The van der Waals surface area contributed by atoms with Gasteiger partial charge in [-0.3, -0.25) is 14.4 Å². The number of carbonyl (C=O) groups is 3. The molecule has 0 aliphatic heterocycles. The first-order valence-electron chi connectivity index (χ1n) is 11.2. The third-order valence-corrected chi connectivity index (χ3v) is 6.69. The molecule has 0 fully saturated rings. The maximum atomic E-state index is 13.0. The second kappa shape index (κ2) is 12.8. The number of nitrogens with one attached hydrogen (secondary N) is 3. The molecule has 0 unspecified atom stereocenters. The predicted molar refractivity (Wildman–Crippen MR) is 149 cm³/mol. The third-order valence-electron chi connectivity index (χ3n) is 4.99. The number of carbonyl (C=O) groups excluding carboxylic acids is 3. The van der Waals surface area contributed by atoms with Crippen LogP contribution in [0.1, 0.15) is 16.1 Å². The van der Waals surface area contributed by atoms with E-state index in [1.165, 1.54) is 24.1 Å². The largest absolute Gasteiger partial charge is 0.465 e. The Morgan fingerprint density at radius 3 is 2.27 bits per heavy atom. The first-order chi connectivity index (χ1) is 18.0. The summed E-state index contributed by atoms with van der Waals surface area (Å²) in [7, 11) is 0. The van der Waals surface area contributed by atoms with Crippen LogP contribution < -0.4 is 16.0 Å². The zero-order chi connectivity index (χ0) is 26.0. The molecule has 0 aliphatic rings. The minimum Gasteiger partial charge on any atom is -0.465 e. The van der Waals surface area contributed by atoms with E-state index in [2.05, 4.69) is 31.9 Å². The molecule has 3 aromatic carbocycles. The SMILES string of the molecule is O=C(CSc1ccc(NC(=O)/C(=C/c2ccco2)NC(=O)c2ccccc2)cc1)Nc1ccccc1Br. The van der Waals surface area contributed by atoms with Crippen LogP contribution in [0.3, 0.4) is 0 Å². The van der Waals surface area contributed by atoms with Gasteiger partial charge in [0.1, 0.15) is 11.5 Å². The molecule has 7 nitrogen and oxygen atoms in total. The summed E-state index contributed by atoms with van der Waals surface area (Å²) in [6, 6.07) is 26.5. The van der Waals surface area contributed by atoms with Crippen molar-refractivity contribution >= 4 is 62.9 Å². The lowest BCUT2D eigenvalue weighted by molar-refractivity contribution is -0.114. The van der Waals surface area contributed by atoms with Crippen molar-refractivity contribution in [2.75, 3.05) is 16.4 Å². The summed E-state index contributed by atoms with van der Waals surface area (Å²) in [6.45, 7) is 0. The van der Waals surface area contributed by atoms with Gasteiger partial charge in [0.15, 0.2) is 0 Å². The molecular formula is C28H22BrN3O4S. The Kier molecular flexibility index (Phi) is 8.96. The molecule has 9 heteroatoms. The van der Waals surface area contributed by atoms with Crippen LogP contribution in [0.15, 0.2) is 117 Å². The fraction of sp³-hybridized carbons (Fsp3) is 0.0357. The van der Waals surface area contributed by atoms with Crippen molar-refractivity contribution in [3.05, 3.63) is 119 Å². The highest BCUT2D eigenvalue weighted by molar-refractivity contribution is 9.10. The average molecular weight is 576 g/mol. The summed E-state index contributed by atoms with van der Waals surface area (Å²) in [5.41, 5.74) is 1.70. The standard InChI is InChI=1S/C28H22BrN3O4S/c29-23-10-4-5-11-24(23)31-26(33)18-37-22-14-12-20(13-15-22)30-28(35)25(17-21-9-6-16-36-21)32-27(34)19-7-2-1-3-8-19/h1-17H,18H2,(H,30,35)(H,31,33)(H,32,34)/b25-17-. The molecule has 1 heterocycles. The van der Waals surface area contributed by atoms with Crippen molar-refractivity contribution in [2.45, 2.75) is 4.90 Å². The lowest BCUT2D eigenvalue weighted by Gasteiger charge is -2.11. The highest BCUT2D eigenvalue weighted by Crippen LogP contribution is 2.24. The van der Waals surface area contributed by atoms with Gasteiger partial charge in [-0.1, -0.05) is 30.3 Å². The van der Waals surface area contributed by atoms with Crippen molar-refractivity contribution < 1.29 is 18.8 Å². The fourth-order valence-corrected chi connectivity index (χ4v) is 4.27. The Morgan fingerprint density at radius 2 is 1.57 bits per heavy atom. The summed E-state index contributed by atoms with van der Waals surface area (Å²) in [5, 5.41) is 8.31. The number of anilines is 2. The van der Waals surface area contributed by atoms with Crippen molar-refractivity contribution in [1.82, 2.24) is 5.32 Å². The van der Waals surface area contributed by atoms with Gasteiger partial charge in [-0.05, 0) is 76.6 Å². The second-order valence-electron chi connectivity index (χ2n) is 7.69. The van der Waals surface area contributed by atoms with Gasteiger partial charge in [0, 0.05) is 26.7 Å². The molecule has 0 atom stereocenters. The number of amides is 3. The Morgan fingerprint density at radius 1 is 0.838 bits per heavy atom. The second-order valence-corrected chi connectivity index (χ2v) is 9.59. The minimum atomic E-state index is -0.506. The summed E-state index contributed by atoms with van der Waals surface area (Å²) in [6.07, 6.45) is 2.94.